The van der Waals surface area contributed by atoms with Gasteiger partial charge in [0.05, 0.1) is 17.5 Å². The molecule has 4 nitrogen and oxygen atoms in total. The van der Waals surface area contributed by atoms with Crippen molar-refractivity contribution < 1.29 is 17.9 Å². The second kappa shape index (κ2) is 7.64. The normalized spacial score (nSPS) is 11.5. The molecular weight excluding hydrogens is 317 g/mol. The molecule has 1 aromatic heterocycles. The number of fused-ring (bicyclic) bond motifs is 1. The molecule has 1 aromatic carbocycles. The predicted molar refractivity (Wildman–Crippen MR) is 79.2 cm³/mol. The molecule has 0 aliphatic rings. The lowest BCUT2D eigenvalue weighted by molar-refractivity contribution is 0.0237. The maximum atomic E-state index is 13.2. The van der Waals surface area contributed by atoms with E-state index in [2.05, 4.69) is 4.98 Å². The molecule has 0 bridgehead atoms. The zero-order chi connectivity index (χ0) is 16.1. The topological polar surface area (TPSA) is 44.1 Å². The first-order valence-corrected chi connectivity index (χ1v) is 7.70. The third-order valence-corrected chi connectivity index (χ3v) is 3.84. The molecule has 0 unspecified atom stereocenters. The fourth-order valence-electron chi connectivity index (χ4n) is 1.93. The summed E-state index contributed by atoms with van der Waals surface area (Å²) in [6.07, 6.45) is -2.49. The van der Waals surface area contributed by atoms with Crippen LogP contribution in [-0.2, 0) is 11.3 Å². The van der Waals surface area contributed by atoms with E-state index in [0.717, 1.165) is 6.07 Å². The number of alkyl halides is 2. The van der Waals surface area contributed by atoms with Gasteiger partial charge in [0.15, 0.2) is 5.16 Å². The maximum Gasteiger partial charge on any atom is 0.262 e. The molecule has 22 heavy (non-hydrogen) atoms. The van der Waals surface area contributed by atoms with Crippen LogP contribution in [0.5, 0.6) is 0 Å². The summed E-state index contributed by atoms with van der Waals surface area (Å²) in [6.45, 7) is 1.70. The van der Waals surface area contributed by atoms with Gasteiger partial charge in [-0.2, -0.15) is 0 Å². The van der Waals surface area contributed by atoms with E-state index in [9.17, 15) is 18.0 Å². The maximum absolute atomic E-state index is 13.2. The van der Waals surface area contributed by atoms with Crippen LogP contribution in [0.1, 0.15) is 6.92 Å². The lowest BCUT2D eigenvalue weighted by atomic mass is 10.2. The van der Waals surface area contributed by atoms with E-state index < -0.39 is 18.8 Å². The van der Waals surface area contributed by atoms with E-state index in [1.165, 1.54) is 28.5 Å². The molecule has 0 N–H and O–H groups in total. The third kappa shape index (κ3) is 4.01. The Bertz CT molecular complexity index is 706. The number of ether oxygens (including phenoxy) is 1. The van der Waals surface area contributed by atoms with E-state index in [0.29, 0.717) is 23.0 Å². The van der Waals surface area contributed by atoms with Crippen molar-refractivity contribution in [2.24, 2.45) is 0 Å². The highest BCUT2D eigenvalue weighted by Gasteiger charge is 2.11. The number of nitrogens with zero attached hydrogens (tertiary/aromatic N) is 2. The third-order valence-electron chi connectivity index (χ3n) is 2.90. The van der Waals surface area contributed by atoms with Crippen LogP contribution >= 0.6 is 11.8 Å². The summed E-state index contributed by atoms with van der Waals surface area (Å²) in [5.74, 6) is -0.0962. The van der Waals surface area contributed by atoms with Crippen LogP contribution in [0.2, 0.25) is 0 Å². The molecule has 0 amide bonds. The average molecular weight is 332 g/mol. The lowest BCUT2D eigenvalue weighted by Gasteiger charge is -2.11. The summed E-state index contributed by atoms with van der Waals surface area (Å²) in [5, 5.41) is 0.687. The van der Waals surface area contributed by atoms with Gasteiger partial charge in [0.1, 0.15) is 12.4 Å². The second-order valence-corrected chi connectivity index (χ2v) is 5.48. The standard InChI is InChI=1S/C14H15F3N2O2S/c1-2-19-13(20)10-7-9(15)3-4-11(10)18-14(19)22-6-5-21-8-12(16)17/h3-4,7,12H,2,5-6,8H2,1H3. The monoisotopic (exact) mass is 332 g/mol. The van der Waals surface area contributed by atoms with Crippen LogP contribution in [0.15, 0.2) is 28.2 Å². The molecular formula is C14H15F3N2O2S. The molecule has 1 heterocycles. The average Bonchev–Trinajstić information content (AvgIpc) is 2.47. The second-order valence-electron chi connectivity index (χ2n) is 4.42. The first kappa shape index (κ1) is 16.8. The van der Waals surface area contributed by atoms with Gasteiger partial charge in [0, 0.05) is 12.3 Å². The first-order chi connectivity index (χ1) is 10.5. The molecule has 0 aliphatic carbocycles. The van der Waals surface area contributed by atoms with E-state index in [1.807, 2.05) is 0 Å². The summed E-state index contributed by atoms with van der Waals surface area (Å²) >= 11 is 1.24. The number of hydrogen-bond acceptors (Lipinski definition) is 4. The molecule has 0 saturated carbocycles. The molecule has 0 aliphatic heterocycles. The fourth-order valence-corrected chi connectivity index (χ4v) is 2.84. The minimum absolute atomic E-state index is 0.135. The van der Waals surface area contributed by atoms with Gasteiger partial charge in [-0.05, 0) is 25.1 Å². The minimum Gasteiger partial charge on any atom is -0.375 e. The van der Waals surface area contributed by atoms with Crippen molar-refractivity contribution in [3.63, 3.8) is 0 Å². The van der Waals surface area contributed by atoms with Gasteiger partial charge in [0.2, 0.25) is 0 Å². The van der Waals surface area contributed by atoms with Gasteiger partial charge in [-0.15, -0.1) is 0 Å². The van der Waals surface area contributed by atoms with E-state index in [1.54, 1.807) is 6.92 Å². The molecule has 0 radical (unpaired) electrons. The highest BCUT2D eigenvalue weighted by molar-refractivity contribution is 7.99. The Hall–Kier alpha value is -1.54. The number of aromatic nitrogens is 2. The summed E-state index contributed by atoms with van der Waals surface area (Å²) in [4.78, 5) is 16.7. The SMILES string of the molecule is CCn1c(SCCOCC(F)F)nc2ccc(F)cc2c1=O. The minimum atomic E-state index is -2.49. The van der Waals surface area contributed by atoms with Crippen molar-refractivity contribution in [1.82, 2.24) is 9.55 Å². The van der Waals surface area contributed by atoms with Crippen LogP contribution in [-0.4, -0.2) is 34.9 Å². The molecule has 0 atom stereocenters. The van der Waals surface area contributed by atoms with E-state index in [-0.39, 0.29) is 17.6 Å². The highest BCUT2D eigenvalue weighted by Crippen LogP contribution is 2.18. The van der Waals surface area contributed by atoms with Gasteiger partial charge in [0.25, 0.3) is 12.0 Å². The van der Waals surface area contributed by atoms with Crippen molar-refractivity contribution in [2.45, 2.75) is 25.1 Å². The van der Waals surface area contributed by atoms with Crippen LogP contribution in [0.3, 0.4) is 0 Å². The lowest BCUT2D eigenvalue weighted by Crippen LogP contribution is -2.23. The van der Waals surface area contributed by atoms with Crippen molar-refractivity contribution in [3.05, 3.63) is 34.4 Å². The van der Waals surface area contributed by atoms with E-state index in [4.69, 9.17) is 4.74 Å². The Kier molecular flexibility index (Phi) is 5.84. The Morgan fingerprint density at radius 1 is 1.41 bits per heavy atom. The van der Waals surface area contributed by atoms with Crippen molar-refractivity contribution in [2.75, 3.05) is 19.0 Å². The number of hydrogen-bond donors (Lipinski definition) is 0. The molecule has 0 fully saturated rings. The number of benzene rings is 1. The van der Waals surface area contributed by atoms with Crippen molar-refractivity contribution >= 4 is 22.7 Å². The smallest absolute Gasteiger partial charge is 0.262 e. The quantitative estimate of drug-likeness (QED) is 0.444. The predicted octanol–water partition coefficient (Wildman–Crippen LogP) is 2.93. The number of halogens is 3. The Labute approximate surface area is 129 Å². The van der Waals surface area contributed by atoms with Crippen LogP contribution in [0, 0.1) is 5.82 Å². The fraction of sp³-hybridized carbons (Fsp3) is 0.429. The highest BCUT2D eigenvalue weighted by atomic mass is 32.2. The Morgan fingerprint density at radius 2 is 2.18 bits per heavy atom. The first-order valence-electron chi connectivity index (χ1n) is 6.71. The molecule has 2 rings (SSSR count). The largest absolute Gasteiger partial charge is 0.375 e. The van der Waals surface area contributed by atoms with Gasteiger partial charge in [-0.1, -0.05) is 11.8 Å². The van der Waals surface area contributed by atoms with Crippen molar-refractivity contribution in [1.29, 1.82) is 0 Å². The zero-order valence-corrected chi connectivity index (χ0v) is 12.7. The van der Waals surface area contributed by atoms with E-state index >= 15 is 0 Å². The van der Waals surface area contributed by atoms with Crippen LogP contribution < -0.4 is 5.56 Å². The van der Waals surface area contributed by atoms with Gasteiger partial charge in [-0.3, -0.25) is 9.36 Å². The van der Waals surface area contributed by atoms with Gasteiger partial charge < -0.3 is 4.74 Å². The summed E-state index contributed by atoms with van der Waals surface area (Å²) in [5.41, 5.74) is 0.0927. The van der Waals surface area contributed by atoms with Crippen LogP contribution in [0.4, 0.5) is 13.2 Å². The summed E-state index contributed by atoms with van der Waals surface area (Å²) in [7, 11) is 0. The molecule has 120 valence electrons. The molecule has 8 heteroatoms. The molecule has 0 spiro atoms. The van der Waals surface area contributed by atoms with Crippen LogP contribution in [0.25, 0.3) is 10.9 Å². The Balaban J connectivity index is 2.18. The van der Waals surface area contributed by atoms with Gasteiger partial charge in [-0.25, -0.2) is 18.2 Å². The molecule has 0 saturated heterocycles. The zero-order valence-electron chi connectivity index (χ0n) is 11.9. The number of thioether (sulfide) groups is 1. The van der Waals surface area contributed by atoms with Crippen molar-refractivity contribution in [3.8, 4) is 0 Å². The summed E-state index contributed by atoms with van der Waals surface area (Å²) < 4.78 is 43.4. The Morgan fingerprint density at radius 3 is 2.86 bits per heavy atom. The summed E-state index contributed by atoms with van der Waals surface area (Å²) in [6, 6.07) is 3.85. The molecule has 2 aromatic rings. The number of rotatable bonds is 7. The van der Waals surface area contributed by atoms with Gasteiger partial charge >= 0.3 is 0 Å².